The molecule has 0 radical (unpaired) electrons. The van der Waals surface area contributed by atoms with E-state index in [1.165, 1.54) is 0 Å². The van der Waals surface area contributed by atoms with Crippen LogP contribution in [0.15, 0.2) is 18.3 Å². The highest BCUT2D eigenvalue weighted by Crippen LogP contribution is 2.10. The maximum absolute atomic E-state index is 5.64. The van der Waals surface area contributed by atoms with Crippen LogP contribution in [0.5, 0.6) is 5.75 Å². The Hall–Kier alpha value is -0.840. The Morgan fingerprint density at radius 2 is 2.06 bits per heavy atom. The van der Waals surface area contributed by atoms with E-state index < -0.39 is 0 Å². The second-order valence-corrected chi connectivity index (χ2v) is 3.69. The topological polar surface area (TPSA) is 40.6 Å². The Morgan fingerprint density at radius 1 is 1.18 bits per heavy atom. The summed E-state index contributed by atoms with van der Waals surface area (Å²) in [6.45, 7) is 2.55. The molecule has 0 N–H and O–H groups in total. The molecule has 0 bridgehead atoms. The van der Waals surface area contributed by atoms with Crippen molar-refractivity contribution >= 4 is 11.6 Å². The fourth-order valence-electron chi connectivity index (χ4n) is 1.17. The molecule has 0 spiro atoms. The van der Waals surface area contributed by atoms with Gasteiger partial charge >= 0.3 is 0 Å². The van der Waals surface area contributed by atoms with Gasteiger partial charge in [-0.2, -0.15) is 0 Å². The van der Waals surface area contributed by atoms with Crippen LogP contribution in [0.4, 0.5) is 0 Å². The highest BCUT2D eigenvalue weighted by atomic mass is 35.5. The van der Waals surface area contributed by atoms with Crippen LogP contribution in [-0.2, 0) is 15.4 Å². The predicted molar refractivity (Wildman–Crippen MR) is 66.6 cm³/mol. The highest BCUT2D eigenvalue weighted by molar-refractivity contribution is 6.16. The van der Waals surface area contributed by atoms with Crippen molar-refractivity contribution in [2.45, 2.75) is 12.3 Å². The lowest BCUT2D eigenvalue weighted by atomic mass is 10.4. The van der Waals surface area contributed by atoms with Crippen LogP contribution in [0.2, 0.25) is 0 Å². The summed E-state index contributed by atoms with van der Waals surface area (Å²) in [7, 11) is 1.66. The van der Waals surface area contributed by atoms with E-state index in [0.29, 0.717) is 32.3 Å². The van der Waals surface area contributed by atoms with E-state index in [4.69, 9.17) is 25.8 Å². The summed E-state index contributed by atoms with van der Waals surface area (Å²) >= 11 is 5.64. The van der Waals surface area contributed by atoms with Crippen molar-refractivity contribution in [3.63, 3.8) is 0 Å². The molecule has 1 aromatic rings. The first-order valence-electron chi connectivity index (χ1n) is 5.57. The molecule has 5 heteroatoms. The van der Waals surface area contributed by atoms with Crippen LogP contribution in [0, 0.1) is 0 Å². The van der Waals surface area contributed by atoms with Crippen molar-refractivity contribution in [1.29, 1.82) is 0 Å². The molecule has 0 aliphatic carbocycles. The van der Waals surface area contributed by atoms with Crippen LogP contribution in [0.1, 0.15) is 12.1 Å². The lowest BCUT2D eigenvalue weighted by Crippen LogP contribution is -2.06. The fourth-order valence-corrected chi connectivity index (χ4v) is 1.33. The van der Waals surface area contributed by atoms with Gasteiger partial charge in [0.25, 0.3) is 0 Å². The molecule has 17 heavy (non-hydrogen) atoms. The van der Waals surface area contributed by atoms with Gasteiger partial charge in [0.1, 0.15) is 5.75 Å². The Balaban J connectivity index is 2.05. The summed E-state index contributed by atoms with van der Waals surface area (Å²) in [5, 5.41) is 0. The molecule has 0 atom stereocenters. The van der Waals surface area contributed by atoms with Gasteiger partial charge in [0.2, 0.25) is 0 Å². The number of methoxy groups -OCH3 is 1. The summed E-state index contributed by atoms with van der Waals surface area (Å²) in [5.41, 5.74) is 0.849. The monoisotopic (exact) mass is 259 g/mol. The van der Waals surface area contributed by atoms with Gasteiger partial charge in [-0.15, -0.1) is 11.6 Å². The molecule has 1 heterocycles. The van der Waals surface area contributed by atoms with Crippen LogP contribution in [0.3, 0.4) is 0 Å². The van der Waals surface area contributed by atoms with Gasteiger partial charge in [0.05, 0.1) is 37.6 Å². The lowest BCUT2D eigenvalue weighted by molar-refractivity contribution is 0.0644. The van der Waals surface area contributed by atoms with Crippen molar-refractivity contribution in [1.82, 2.24) is 4.98 Å². The van der Waals surface area contributed by atoms with Gasteiger partial charge in [-0.3, -0.25) is 4.98 Å². The third-order valence-corrected chi connectivity index (χ3v) is 2.34. The molecule has 1 aromatic heterocycles. The number of halogens is 1. The van der Waals surface area contributed by atoms with Crippen molar-refractivity contribution in [2.75, 3.05) is 33.5 Å². The maximum Gasteiger partial charge on any atom is 0.137 e. The van der Waals surface area contributed by atoms with Crippen LogP contribution >= 0.6 is 11.6 Å². The molecule has 0 saturated carbocycles. The second-order valence-electron chi connectivity index (χ2n) is 3.43. The minimum Gasteiger partial charge on any atom is -0.492 e. The first-order valence-corrected chi connectivity index (χ1v) is 6.10. The number of alkyl halides is 1. The standard InChI is InChI=1S/C12H18ClNO3/c1-15-7-8-16-5-2-6-17-12-4-3-11(9-13)14-10-12/h3-4,10H,2,5-9H2,1H3. The van der Waals surface area contributed by atoms with E-state index in [2.05, 4.69) is 4.98 Å². The zero-order chi connectivity index (χ0) is 12.3. The Kier molecular flexibility index (Phi) is 7.71. The Labute approximate surface area is 107 Å². The molecule has 0 amide bonds. The van der Waals surface area contributed by atoms with E-state index in [1.54, 1.807) is 13.3 Å². The number of aromatic nitrogens is 1. The number of hydrogen-bond donors (Lipinski definition) is 0. The van der Waals surface area contributed by atoms with Crippen molar-refractivity contribution in [3.05, 3.63) is 24.0 Å². The summed E-state index contributed by atoms with van der Waals surface area (Å²) in [5.74, 6) is 1.18. The second kappa shape index (κ2) is 9.22. The summed E-state index contributed by atoms with van der Waals surface area (Å²) in [6.07, 6.45) is 2.53. The molecule has 96 valence electrons. The van der Waals surface area contributed by atoms with Crippen LogP contribution in [-0.4, -0.2) is 38.5 Å². The molecule has 0 aliphatic heterocycles. The van der Waals surface area contributed by atoms with E-state index in [9.17, 15) is 0 Å². The molecule has 0 fully saturated rings. The molecule has 0 aromatic carbocycles. The normalized spacial score (nSPS) is 10.5. The number of nitrogens with zero attached hydrogens (tertiary/aromatic N) is 1. The zero-order valence-corrected chi connectivity index (χ0v) is 10.8. The van der Waals surface area contributed by atoms with E-state index >= 15 is 0 Å². The highest BCUT2D eigenvalue weighted by Gasteiger charge is 1.96. The van der Waals surface area contributed by atoms with Gasteiger partial charge in [-0.25, -0.2) is 0 Å². The minimum atomic E-state index is 0.424. The Bertz CT molecular complexity index is 292. The summed E-state index contributed by atoms with van der Waals surface area (Å²) in [4.78, 5) is 4.13. The molecule has 0 unspecified atom stereocenters. The molecular formula is C12H18ClNO3. The van der Waals surface area contributed by atoms with Crippen molar-refractivity contribution in [2.24, 2.45) is 0 Å². The van der Waals surface area contributed by atoms with E-state index in [0.717, 1.165) is 17.9 Å². The van der Waals surface area contributed by atoms with Crippen LogP contribution < -0.4 is 4.74 Å². The first kappa shape index (κ1) is 14.2. The van der Waals surface area contributed by atoms with Crippen molar-refractivity contribution in [3.8, 4) is 5.75 Å². The SMILES string of the molecule is COCCOCCCOc1ccc(CCl)nc1. The van der Waals surface area contributed by atoms with E-state index in [1.807, 2.05) is 12.1 Å². The number of hydrogen-bond acceptors (Lipinski definition) is 4. The van der Waals surface area contributed by atoms with Gasteiger partial charge in [-0.1, -0.05) is 0 Å². The quantitative estimate of drug-likeness (QED) is 0.504. The predicted octanol–water partition coefficient (Wildman–Crippen LogP) is 2.25. The summed E-state index contributed by atoms with van der Waals surface area (Å²) in [6, 6.07) is 3.73. The number of rotatable bonds is 9. The molecule has 4 nitrogen and oxygen atoms in total. The van der Waals surface area contributed by atoms with Gasteiger partial charge in [0, 0.05) is 20.1 Å². The summed E-state index contributed by atoms with van der Waals surface area (Å²) < 4.78 is 15.7. The zero-order valence-electron chi connectivity index (χ0n) is 10.0. The minimum absolute atomic E-state index is 0.424. The van der Waals surface area contributed by atoms with Crippen molar-refractivity contribution < 1.29 is 14.2 Å². The Morgan fingerprint density at radius 3 is 2.71 bits per heavy atom. The average Bonchev–Trinajstić information content (AvgIpc) is 2.38. The van der Waals surface area contributed by atoms with Crippen LogP contribution in [0.25, 0.3) is 0 Å². The average molecular weight is 260 g/mol. The molecular weight excluding hydrogens is 242 g/mol. The maximum atomic E-state index is 5.64. The van der Waals surface area contributed by atoms with Gasteiger partial charge < -0.3 is 14.2 Å². The smallest absolute Gasteiger partial charge is 0.137 e. The fraction of sp³-hybridized carbons (Fsp3) is 0.583. The molecule has 0 saturated heterocycles. The number of ether oxygens (including phenoxy) is 3. The molecule has 0 aliphatic rings. The van der Waals surface area contributed by atoms with E-state index in [-0.39, 0.29) is 0 Å². The molecule has 1 rings (SSSR count). The largest absolute Gasteiger partial charge is 0.492 e. The third kappa shape index (κ3) is 6.46. The third-order valence-electron chi connectivity index (χ3n) is 2.07. The first-order chi connectivity index (χ1) is 8.36. The lowest BCUT2D eigenvalue weighted by Gasteiger charge is -2.06. The van der Waals surface area contributed by atoms with Gasteiger partial charge in [0.15, 0.2) is 0 Å². The number of pyridine rings is 1. The van der Waals surface area contributed by atoms with Gasteiger partial charge in [-0.05, 0) is 12.1 Å².